The summed E-state index contributed by atoms with van der Waals surface area (Å²) in [6.07, 6.45) is 0. The molecule has 0 unspecified atom stereocenters. The second-order valence-electron chi connectivity index (χ2n) is 8.81. The molecule has 0 saturated carbocycles. The molecule has 0 bridgehead atoms. The number of nitrogens with one attached hydrogen (secondary N) is 1. The number of aromatic nitrogens is 5. The lowest BCUT2D eigenvalue weighted by molar-refractivity contribution is 0.312. The third-order valence-corrected chi connectivity index (χ3v) is 6.17. The van der Waals surface area contributed by atoms with Crippen molar-refractivity contribution in [1.29, 1.82) is 0 Å². The maximum absolute atomic E-state index is 5.56. The zero-order valence-corrected chi connectivity index (χ0v) is 20.3. The average molecular weight is 459 g/mol. The van der Waals surface area contributed by atoms with E-state index in [4.69, 9.17) is 14.8 Å². The predicted octanol–water partition coefficient (Wildman–Crippen LogP) is 3.64. The number of piperazine rings is 1. The molecule has 1 fully saturated rings. The molecule has 1 aromatic carbocycles. The summed E-state index contributed by atoms with van der Waals surface area (Å²) in [6.45, 7) is 9.91. The lowest BCUT2D eigenvalue weighted by atomic mass is 10.1. The molecular formula is C25H30N8O. The van der Waals surface area contributed by atoms with E-state index in [2.05, 4.69) is 45.1 Å². The molecule has 1 saturated heterocycles. The maximum atomic E-state index is 5.56. The van der Waals surface area contributed by atoms with Gasteiger partial charge in [-0.15, -0.1) is 0 Å². The minimum absolute atomic E-state index is 0.718. The summed E-state index contributed by atoms with van der Waals surface area (Å²) >= 11 is 0. The Kier molecular flexibility index (Phi) is 5.79. The molecule has 34 heavy (non-hydrogen) atoms. The number of hydrogen-bond donors (Lipinski definition) is 1. The number of aryl methyl sites for hydroxylation is 3. The van der Waals surface area contributed by atoms with Crippen LogP contribution in [0.4, 0.5) is 17.5 Å². The zero-order chi connectivity index (χ0) is 23.8. The molecule has 0 atom stereocenters. The molecule has 176 valence electrons. The van der Waals surface area contributed by atoms with Crippen LogP contribution in [0.15, 0.2) is 36.4 Å². The number of hydrogen-bond acceptors (Lipinski definition) is 8. The first-order valence-corrected chi connectivity index (χ1v) is 11.5. The second-order valence-corrected chi connectivity index (χ2v) is 8.81. The number of benzene rings is 1. The molecule has 0 spiro atoms. The largest absolute Gasteiger partial charge is 0.494 e. The number of pyridine rings is 1. The van der Waals surface area contributed by atoms with Gasteiger partial charge in [-0.25, -0.2) is 15.0 Å². The SMILES string of the molecule is COc1cccc2c(C)cc(-n3nc(C)cc3Nc3cc(N4CCN(C)CC4)nc(C)n3)nc12. The number of para-hydroxylation sites is 1. The van der Waals surface area contributed by atoms with E-state index in [-0.39, 0.29) is 0 Å². The Hall–Kier alpha value is -3.72. The van der Waals surface area contributed by atoms with Gasteiger partial charge in [-0.1, -0.05) is 12.1 Å². The molecule has 9 heteroatoms. The van der Waals surface area contributed by atoms with Gasteiger partial charge in [0.05, 0.1) is 12.8 Å². The lowest BCUT2D eigenvalue weighted by Gasteiger charge is -2.33. The number of fused-ring (bicyclic) bond motifs is 1. The molecule has 1 aliphatic rings. The van der Waals surface area contributed by atoms with E-state index in [0.29, 0.717) is 0 Å². The topological polar surface area (TPSA) is 84.2 Å². The van der Waals surface area contributed by atoms with Crippen molar-refractivity contribution >= 4 is 28.4 Å². The van der Waals surface area contributed by atoms with Crippen LogP contribution in [-0.4, -0.2) is 70.0 Å². The van der Waals surface area contributed by atoms with E-state index in [0.717, 1.165) is 83.2 Å². The van der Waals surface area contributed by atoms with E-state index in [1.165, 1.54) is 0 Å². The summed E-state index contributed by atoms with van der Waals surface area (Å²) in [5, 5.41) is 9.23. The Morgan fingerprint density at radius 1 is 0.912 bits per heavy atom. The Labute approximate surface area is 199 Å². The van der Waals surface area contributed by atoms with Gasteiger partial charge < -0.3 is 19.9 Å². The third kappa shape index (κ3) is 4.26. The smallest absolute Gasteiger partial charge is 0.156 e. The third-order valence-electron chi connectivity index (χ3n) is 6.17. The normalized spacial score (nSPS) is 14.6. The highest BCUT2D eigenvalue weighted by atomic mass is 16.5. The van der Waals surface area contributed by atoms with E-state index < -0.39 is 0 Å². The van der Waals surface area contributed by atoms with Crippen LogP contribution in [0.3, 0.4) is 0 Å². The van der Waals surface area contributed by atoms with Crippen molar-refractivity contribution in [3.05, 3.63) is 53.5 Å². The van der Waals surface area contributed by atoms with Gasteiger partial charge in [-0.05, 0) is 45.5 Å². The first-order chi connectivity index (χ1) is 16.4. The number of likely N-dealkylation sites (N-methyl/N-ethyl adjacent to an activating group) is 1. The molecule has 4 heterocycles. The second kappa shape index (κ2) is 8.90. The summed E-state index contributed by atoms with van der Waals surface area (Å²) in [7, 11) is 3.82. The Morgan fingerprint density at radius 3 is 2.47 bits per heavy atom. The first kappa shape index (κ1) is 22.1. The molecule has 4 aromatic rings. The number of ether oxygens (including phenoxy) is 1. The van der Waals surface area contributed by atoms with Crippen LogP contribution < -0.4 is 15.0 Å². The molecule has 3 aromatic heterocycles. The Bertz CT molecular complexity index is 1340. The highest BCUT2D eigenvalue weighted by molar-refractivity contribution is 5.88. The molecular weight excluding hydrogens is 428 g/mol. The number of nitrogens with zero attached hydrogens (tertiary/aromatic N) is 7. The Balaban J connectivity index is 1.51. The fraction of sp³-hybridized carbons (Fsp3) is 0.360. The molecule has 5 rings (SSSR count). The van der Waals surface area contributed by atoms with Crippen molar-refractivity contribution in [1.82, 2.24) is 29.6 Å². The van der Waals surface area contributed by atoms with Crippen LogP contribution >= 0.6 is 0 Å². The van der Waals surface area contributed by atoms with Crippen molar-refractivity contribution in [3.8, 4) is 11.6 Å². The molecule has 9 nitrogen and oxygen atoms in total. The highest BCUT2D eigenvalue weighted by Gasteiger charge is 2.18. The van der Waals surface area contributed by atoms with Gasteiger partial charge in [0, 0.05) is 43.7 Å². The molecule has 0 amide bonds. The van der Waals surface area contributed by atoms with Gasteiger partial charge in [0.2, 0.25) is 0 Å². The Morgan fingerprint density at radius 2 is 1.71 bits per heavy atom. The highest BCUT2D eigenvalue weighted by Crippen LogP contribution is 2.29. The van der Waals surface area contributed by atoms with Crippen LogP contribution in [0, 0.1) is 20.8 Å². The van der Waals surface area contributed by atoms with E-state index in [9.17, 15) is 0 Å². The minimum atomic E-state index is 0.718. The quantitative estimate of drug-likeness (QED) is 0.485. The molecule has 0 radical (unpaired) electrons. The van der Waals surface area contributed by atoms with Crippen molar-refractivity contribution < 1.29 is 4.74 Å². The van der Waals surface area contributed by atoms with Gasteiger partial charge in [0.15, 0.2) is 5.82 Å². The first-order valence-electron chi connectivity index (χ1n) is 11.5. The van der Waals surface area contributed by atoms with Gasteiger partial charge in [0.25, 0.3) is 0 Å². The zero-order valence-electron chi connectivity index (χ0n) is 20.3. The molecule has 1 N–H and O–H groups in total. The van der Waals surface area contributed by atoms with Crippen molar-refractivity contribution in [2.24, 2.45) is 0 Å². The molecule has 1 aliphatic heterocycles. The maximum Gasteiger partial charge on any atom is 0.156 e. The summed E-state index contributed by atoms with van der Waals surface area (Å²) in [5.41, 5.74) is 2.80. The fourth-order valence-electron chi connectivity index (χ4n) is 4.36. The lowest BCUT2D eigenvalue weighted by Crippen LogP contribution is -2.44. The minimum Gasteiger partial charge on any atom is -0.494 e. The molecule has 0 aliphatic carbocycles. The van der Waals surface area contributed by atoms with Crippen LogP contribution in [0.25, 0.3) is 16.7 Å². The summed E-state index contributed by atoms with van der Waals surface area (Å²) in [5.74, 6) is 4.65. The average Bonchev–Trinajstić information content (AvgIpc) is 3.18. The van der Waals surface area contributed by atoms with Gasteiger partial charge >= 0.3 is 0 Å². The van der Waals surface area contributed by atoms with E-state index >= 15 is 0 Å². The van der Waals surface area contributed by atoms with Crippen molar-refractivity contribution in [2.45, 2.75) is 20.8 Å². The fourth-order valence-corrected chi connectivity index (χ4v) is 4.36. The predicted molar refractivity (Wildman–Crippen MR) is 135 cm³/mol. The summed E-state index contributed by atoms with van der Waals surface area (Å²) in [6, 6.07) is 12.0. The van der Waals surface area contributed by atoms with Crippen molar-refractivity contribution in [3.63, 3.8) is 0 Å². The monoisotopic (exact) mass is 458 g/mol. The summed E-state index contributed by atoms with van der Waals surface area (Å²) in [4.78, 5) is 18.9. The van der Waals surface area contributed by atoms with Gasteiger partial charge in [-0.2, -0.15) is 9.78 Å². The number of methoxy groups -OCH3 is 1. The number of anilines is 3. The summed E-state index contributed by atoms with van der Waals surface area (Å²) < 4.78 is 7.38. The van der Waals surface area contributed by atoms with Crippen LogP contribution in [0.2, 0.25) is 0 Å². The van der Waals surface area contributed by atoms with E-state index in [1.54, 1.807) is 7.11 Å². The standard InChI is InChI=1S/C25H30N8O/c1-16-13-23(29-25-19(16)7-6-8-20(25)34-5)33-24(14-17(2)30-33)28-21-15-22(27-18(3)26-21)32-11-9-31(4)10-12-32/h6-8,13-15H,9-12H2,1-5H3,(H,26,27,28). The van der Waals surface area contributed by atoms with Crippen LogP contribution in [0.5, 0.6) is 5.75 Å². The van der Waals surface area contributed by atoms with Crippen LogP contribution in [0.1, 0.15) is 17.1 Å². The van der Waals surface area contributed by atoms with Gasteiger partial charge in [-0.3, -0.25) is 0 Å². The van der Waals surface area contributed by atoms with Crippen molar-refractivity contribution in [2.75, 3.05) is 50.6 Å². The van der Waals surface area contributed by atoms with Crippen LogP contribution in [-0.2, 0) is 0 Å². The van der Waals surface area contributed by atoms with E-state index in [1.807, 2.05) is 48.9 Å². The number of rotatable bonds is 5. The van der Waals surface area contributed by atoms with Gasteiger partial charge in [0.1, 0.15) is 34.5 Å².